The van der Waals surface area contributed by atoms with Crippen LogP contribution in [0.4, 0.5) is 11.4 Å². The molecule has 0 aliphatic rings. The molecule has 3 aromatic carbocycles. The summed E-state index contributed by atoms with van der Waals surface area (Å²) in [7, 11) is 0. The highest BCUT2D eigenvalue weighted by Crippen LogP contribution is 2.27. The van der Waals surface area contributed by atoms with Crippen molar-refractivity contribution < 1.29 is 9.72 Å². The summed E-state index contributed by atoms with van der Waals surface area (Å²) in [6, 6.07) is 16.9. The third kappa shape index (κ3) is 4.41. The van der Waals surface area contributed by atoms with Gasteiger partial charge >= 0.3 is 0 Å². The SMILES string of the molecule is Cc1ccc(C(=O)NC(=S)Nc2cc3nn(-c4ccccc4)nc3cc2Cl)cc1[N+](=O)[O-]. The molecule has 0 atom stereocenters. The van der Waals surface area contributed by atoms with Crippen molar-refractivity contribution in [3.63, 3.8) is 0 Å². The summed E-state index contributed by atoms with van der Waals surface area (Å²) in [6.45, 7) is 1.60. The van der Waals surface area contributed by atoms with E-state index in [9.17, 15) is 14.9 Å². The van der Waals surface area contributed by atoms with Crippen LogP contribution in [-0.2, 0) is 0 Å². The number of para-hydroxylation sites is 1. The van der Waals surface area contributed by atoms with E-state index in [-0.39, 0.29) is 16.4 Å². The van der Waals surface area contributed by atoms with E-state index in [1.54, 1.807) is 19.1 Å². The first-order chi connectivity index (χ1) is 15.3. The molecule has 11 heteroatoms. The second kappa shape index (κ2) is 8.69. The normalized spacial score (nSPS) is 10.7. The number of halogens is 1. The summed E-state index contributed by atoms with van der Waals surface area (Å²) < 4.78 is 0. The van der Waals surface area contributed by atoms with Gasteiger partial charge in [0.1, 0.15) is 11.0 Å². The number of thiocarbonyl (C=S) groups is 1. The lowest BCUT2D eigenvalue weighted by Gasteiger charge is -2.11. The number of amides is 1. The molecule has 32 heavy (non-hydrogen) atoms. The number of benzene rings is 3. The lowest BCUT2D eigenvalue weighted by Crippen LogP contribution is -2.34. The number of aromatic nitrogens is 3. The lowest BCUT2D eigenvalue weighted by molar-refractivity contribution is -0.385. The third-order valence-electron chi connectivity index (χ3n) is 4.60. The van der Waals surface area contributed by atoms with E-state index >= 15 is 0 Å². The lowest BCUT2D eigenvalue weighted by atomic mass is 10.1. The van der Waals surface area contributed by atoms with Crippen molar-refractivity contribution in [2.24, 2.45) is 0 Å². The second-order valence-electron chi connectivity index (χ2n) is 6.81. The Hall–Kier alpha value is -3.89. The summed E-state index contributed by atoms with van der Waals surface area (Å²) in [5, 5.41) is 25.6. The predicted molar refractivity (Wildman–Crippen MR) is 125 cm³/mol. The molecule has 1 amide bonds. The molecular weight excluding hydrogens is 452 g/mol. The van der Waals surface area contributed by atoms with Gasteiger partial charge in [-0.25, -0.2) is 0 Å². The number of nitrogens with one attached hydrogen (secondary N) is 2. The zero-order chi connectivity index (χ0) is 22.8. The summed E-state index contributed by atoms with van der Waals surface area (Å²) in [6.07, 6.45) is 0. The summed E-state index contributed by atoms with van der Waals surface area (Å²) in [4.78, 5) is 24.5. The highest BCUT2D eigenvalue weighted by molar-refractivity contribution is 7.80. The maximum Gasteiger partial charge on any atom is 0.273 e. The zero-order valence-electron chi connectivity index (χ0n) is 16.6. The number of carbonyl (C=O) groups is 1. The van der Waals surface area contributed by atoms with Gasteiger partial charge in [0.25, 0.3) is 11.6 Å². The Bertz CT molecular complexity index is 1370. The predicted octanol–water partition coefficient (Wildman–Crippen LogP) is 4.42. The molecule has 2 N–H and O–H groups in total. The van der Waals surface area contributed by atoms with E-state index in [0.717, 1.165) is 5.69 Å². The molecule has 0 spiro atoms. The first kappa shape index (κ1) is 21.3. The fraction of sp³-hybridized carbons (Fsp3) is 0.0476. The summed E-state index contributed by atoms with van der Waals surface area (Å²) >= 11 is 11.6. The van der Waals surface area contributed by atoms with E-state index in [0.29, 0.717) is 27.3 Å². The topological polar surface area (TPSA) is 115 Å². The number of carbonyl (C=O) groups excluding carboxylic acids is 1. The van der Waals surface area contributed by atoms with E-state index in [4.69, 9.17) is 23.8 Å². The molecule has 4 rings (SSSR count). The average molecular weight is 467 g/mol. The van der Waals surface area contributed by atoms with Crippen molar-refractivity contribution in [3.8, 4) is 5.69 Å². The second-order valence-corrected chi connectivity index (χ2v) is 7.63. The molecule has 1 heterocycles. The van der Waals surface area contributed by atoms with Crippen molar-refractivity contribution >= 4 is 57.2 Å². The summed E-state index contributed by atoms with van der Waals surface area (Å²) in [5.74, 6) is -0.585. The van der Waals surface area contributed by atoms with Gasteiger partial charge in [-0.3, -0.25) is 20.2 Å². The van der Waals surface area contributed by atoms with Crippen molar-refractivity contribution in [1.29, 1.82) is 0 Å². The number of fused-ring (bicyclic) bond motifs is 1. The van der Waals surface area contributed by atoms with Gasteiger partial charge in [0, 0.05) is 17.2 Å². The van der Waals surface area contributed by atoms with Gasteiger partial charge in [-0.05, 0) is 49.5 Å². The average Bonchev–Trinajstić information content (AvgIpc) is 3.17. The number of nitro groups is 1. The maximum atomic E-state index is 12.5. The smallest absolute Gasteiger partial charge is 0.273 e. The van der Waals surface area contributed by atoms with E-state index < -0.39 is 10.8 Å². The van der Waals surface area contributed by atoms with Gasteiger partial charge in [0.2, 0.25) is 0 Å². The number of nitrogens with zero attached hydrogens (tertiary/aromatic N) is 4. The fourth-order valence-electron chi connectivity index (χ4n) is 2.99. The number of nitro benzene ring substituents is 1. The van der Waals surface area contributed by atoms with Crippen LogP contribution in [0.15, 0.2) is 60.7 Å². The number of aryl methyl sites for hydroxylation is 1. The monoisotopic (exact) mass is 466 g/mol. The molecule has 9 nitrogen and oxygen atoms in total. The minimum atomic E-state index is -0.585. The van der Waals surface area contributed by atoms with Gasteiger partial charge in [-0.15, -0.1) is 10.2 Å². The molecule has 0 aliphatic heterocycles. The van der Waals surface area contributed by atoms with Crippen molar-refractivity contribution in [2.75, 3.05) is 5.32 Å². The van der Waals surface area contributed by atoms with Crippen molar-refractivity contribution in [3.05, 3.63) is 86.9 Å². The van der Waals surface area contributed by atoms with Crippen LogP contribution in [0.25, 0.3) is 16.7 Å². The largest absolute Gasteiger partial charge is 0.331 e. The quantitative estimate of drug-likeness (QED) is 0.260. The minimum absolute atomic E-state index is 0.0186. The molecule has 0 radical (unpaired) electrons. The molecule has 0 bridgehead atoms. The van der Waals surface area contributed by atoms with Gasteiger partial charge in [-0.2, -0.15) is 4.80 Å². The van der Waals surface area contributed by atoms with Crippen molar-refractivity contribution in [2.45, 2.75) is 6.92 Å². The van der Waals surface area contributed by atoms with Crippen molar-refractivity contribution in [1.82, 2.24) is 20.3 Å². The van der Waals surface area contributed by atoms with Crippen LogP contribution in [0.2, 0.25) is 5.02 Å². The highest BCUT2D eigenvalue weighted by Gasteiger charge is 2.16. The van der Waals surface area contributed by atoms with Crippen LogP contribution in [0, 0.1) is 17.0 Å². The Morgan fingerprint density at radius 1 is 1.09 bits per heavy atom. The van der Waals surface area contributed by atoms with Gasteiger partial charge in [0.15, 0.2) is 5.11 Å². The standard InChI is InChI=1S/C21H15ClN6O3S/c1-12-7-8-13(9-19(12)28(30)31)20(29)24-21(32)23-16-11-18-17(10-15(16)22)25-27(26-18)14-5-3-2-4-6-14/h2-11H,1H3,(H2,23,24,29,32). The first-order valence-corrected chi connectivity index (χ1v) is 10.1. The first-order valence-electron chi connectivity index (χ1n) is 9.31. The van der Waals surface area contributed by atoms with Crippen LogP contribution in [0.1, 0.15) is 15.9 Å². The number of hydrogen-bond acceptors (Lipinski definition) is 6. The molecule has 0 saturated heterocycles. The third-order valence-corrected chi connectivity index (χ3v) is 5.12. The summed E-state index contributed by atoms with van der Waals surface area (Å²) in [5.41, 5.74) is 2.81. The maximum absolute atomic E-state index is 12.5. The molecule has 1 aromatic heterocycles. The fourth-order valence-corrected chi connectivity index (χ4v) is 3.39. The Kier molecular flexibility index (Phi) is 5.80. The van der Waals surface area contributed by atoms with Crippen LogP contribution in [0.5, 0.6) is 0 Å². The van der Waals surface area contributed by atoms with Crippen LogP contribution < -0.4 is 10.6 Å². The highest BCUT2D eigenvalue weighted by atomic mass is 35.5. The molecule has 0 saturated carbocycles. The Labute approximate surface area is 192 Å². The van der Waals surface area contributed by atoms with Gasteiger partial charge in [0.05, 0.1) is 21.3 Å². The van der Waals surface area contributed by atoms with Gasteiger partial charge in [-0.1, -0.05) is 35.9 Å². The molecule has 0 unspecified atom stereocenters. The van der Waals surface area contributed by atoms with E-state index in [1.165, 1.54) is 23.0 Å². The zero-order valence-corrected chi connectivity index (χ0v) is 18.1. The molecule has 0 fully saturated rings. The Balaban J connectivity index is 1.52. The molecule has 160 valence electrons. The van der Waals surface area contributed by atoms with E-state index in [1.807, 2.05) is 30.3 Å². The van der Waals surface area contributed by atoms with Crippen LogP contribution in [-0.4, -0.2) is 30.9 Å². The van der Waals surface area contributed by atoms with Crippen LogP contribution >= 0.6 is 23.8 Å². The Morgan fingerprint density at radius 2 is 1.78 bits per heavy atom. The molecular formula is C21H15ClN6O3S. The Morgan fingerprint density at radius 3 is 2.47 bits per heavy atom. The number of rotatable bonds is 4. The molecule has 0 aliphatic carbocycles. The van der Waals surface area contributed by atoms with E-state index in [2.05, 4.69) is 20.8 Å². The number of anilines is 1. The minimum Gasteiger partial charge on any atom is -0.331 e. The number of hydrogen-bond donors (Lipinski definition) is 2. The molecule has 4 aromatic rings. The van der Waals surface area contributed by atoms with Gasteiger partial charge < -0.3 is 5.32 Å². The van der Waals surface area contributed by atoms with Crippen LogP contribution in [0.3, 0.4) is 0 Å².